The van der Waals surface area contributed by atoms with Crippen molar-refractivity contribution >= 4 is 17.7 Å². The van der Waals surface area contributed by atoms with Gasteiger partial charge in [-0.3, -0.25) is 0 Å². The third kappa shape index (κ3) is 7.66. The van der Waals surface area contributed by atoms with Crippen LogP contribution in [0.1, 0.15) is 26.7 Å². The van der Waals surface area contributed by atoms with Crippen molar-refractivity contribution in [2.45, 2.75) is 26.7 Å². The van der Waals surface area contributed by atoms with E-state index in [2.05, 4.69) is 6.92 Å². The zero-order valence-electron chi connectivity index (χ0n) is 7.71. The molecule has 0 aliphatic heterocycles. The van der Waals surface area contributed by atoms with Crippen LogP contribution in [-0.4, -0.2) is 18.3 Å². The smallest absolute Gasteiger partial charge is 0.331 e. The maximum absolute atomic E-state index is 10.8. The highest BCUT2D eigenvalue weighted by atomic mass is 32.2. The molecule has 2 nitrogen and oxygen atoms in total. The van der Waals surface area contributed by atoms with Gasteiger partial charge in [0.2, 0.25) is 0 Å². The monoisotopic (exact) mass is 188 g/mol. The number of rotatable bonds is 6. The molecule has 0 saturated carbocycles. The van der Waals surface area contributed by atoms with Crippen LogP contribution in [-0.2, 0) is 9.53 Å². The summed E-state index contributed by atoms with van der Waals surface area (Å²) in [6.45, 7) is 4.40. The van der Waals surface area contributed by atoms with Gasteiger partial charge in [0.1, 0.15) is 0 Å². The van der Waals surface area contributed by atoms with Crippen LogP contribution in [0.3, 0.4) is 0 Å². The summed E-state index contributed by atoms with van der Waals surface area (Å²) in [7, 11) is 0. The molecule has 0 aromatic rings. The Labute approximate surface area is 78.4 Å². The Hall–Kier alpha value is -0.440. The van der Waals surface area contributed by atoms with E-state index in [1.807, 2.05) is 0 Å². The molecule has 0 saturated heterocycles. The summed E-state index contributed by atoms with van der Waals surface area (Å²) in [5.74, 6) is 0.827. The molecule has 0 aromatic carbocycles. The molecule has 0 atom stereocenters. The first-order valence-corrected chi connectivity index (χ1v) is 5.31. The van der Waals surface area contributed by atoms with Crippen molar-refractivity contribution in [2.75, 3.05) is 12.4 Å². The summed E-state index contributed by atoms with van der Waals surface area (Å²) in [4.78, 5) is 10.8. The Morgan fingerprint density at radius 3 is 2.83 bits per heavy atom. The minimum Gasteiger partial charge on any atom is -0.463 e. The van der Waals surface area contributed by atoms with Gasteiger partial charge in [-0.25, -0.2) is 4.79 Å². The lowest BCUT2D eigenvalue weighted by Gasteiger charge is -1.94. The number of hydrogen-bond acceptors (Lipinski definition) is 3. The molecule has 0 bridgehead atoms. The third-order valence-electron chi connectivity index (χ3n) is 1.20. The SMILES string of the molecule is CCCCSC=CC(=O)OCC. The molecule has 0 amide bonds. The van der Waals surface area contributed by atoms with Crippen LogP contribution in [0.5, 0.6) is 0 Å². The van der Waals surface area contributed by atoms with Crippen LogP contribution in [0, 0.1) is 0 Å². The summed E-state index contributed by atoms with van der Waals surface area (Å²) in [6.07, 6.45) is 3.86. The second-order valence-electron chi connectivity index (χ2n) is 2.28. The van der Waals surface area contributed by atoms with Crippen molar-refractivity contribution < 1.29 is 9.53 Å². The molecule has 0 radical (unpaired) electrons. The number of thioether (sulfide) groups is 1. The summed E-state index contributed by atoms with van der Waals surface area (Å²) in [5, 5.41) is 1.80. The topological polar surface area (TPSA) is 26.3 Å². The van der Waals surface area contributed by atoms with E-state index in [1.165, 1.54) is 18.9 Å². The van der Waals surface area contributed by atoms with Crippen LogP contribution >= 0.6 is 11.8 Å². The lowest BCUT2D eigenvalue weighted by molar-refractivity contribution is -0.137. The highest BCUT2D eigenvalue weighted by Crippen LogP contribution is 2.05. The van der Waals surface area contributed by atoms with Gasteiger partial charge in [-0.1, -0.05) is 13.3 Å². The number of unbranched alkanes of at least 4 members (excludes halogenated alkanes) is 1. The largest absolute Gasteiger partial charge is 0.463 e. The van der Waals surface area contributed by atoms with Crippen LogP contribution in [0.15, 0.2) is 11.5 Å². The van der Waals surface area contributed by atoms with Gasteiger partial charge in [0.25, 0.3) is 0 Å². The molecule has 3 heteroatoms. The molecule has 0 unspecified atom stereocenters. The lowest BCUT2D eigenvalue weighted by Crippen LogP contribution is -1.98. The number of esters is 1. The van der Waals surface area contributed by atoms with Crippen LogP contribution in [0.4, 0.5) is 0 Å². The zero-order valence-corrected chi connectivity index (χ0v) is 8.52. The fourth-order valence-electron chi connectivity index (χ4n) is 0.590. The molecular formula is C9H16O2S. The molecule has 0 rings (SSSR count). The second kappa shape index (κ2) is 8.65. The van der Waals surface area contributed by atoms with Gasteiger partial charge in [0, 0.05) is 6.08 Å². The highest BCUT2D eigenvalue weighted by Gasteiger charge is 1.91. The van der Waals surface area contributed by atoms with E-state index < -0.39 is 0 Å². The number of ether oxygens (including phenoxy) is 1. The van der Waals surface area contributed by atoms with E-state index in [1.54, 1.807) is 24.1 Å². The molecule has 0 aromatic heterocycles. The maximum atomic E-state index is 10.8. The maximum Gasteiger partial charge on any atom is 0.331 e. The van der Waals surface area contributed by atoms with Gasteiger partial charge < -0.3 is 4.74 Å². The molecular weight excluding hydrogens is 172 g/mol. The van der Waals surface area contributed by atoms with E-state index in [0.29, 0.717) is 6.61 Å². The number of hydrogen-bond donors (Lipinski definition) is 0. The molecule has 12 heavy (non-hydrogen) atoms. The zero-order chi connectivity index (χ0) is 9.23. The lowest BCUT2D eigenvalue weighted by atomic mass is 10.4. The molecule has 0 heterocycles. The van der Waals surface area contributed by atoms with E-state index in [4.69, 9.17) is 4.74 Å². The fraction of sp³-hybridized carbons (Fsp3) is 0.667. The fourth-order valence-corrected chi connectivity index (χ4v) is 1.39. The summed E-state index contributed by atoms with van der Waals surface area (Å²) in [6, 6.07) is 0. The molecule has 0 aliphatic carbocycles. The Balaban J connectivity index is 3.29. The number of carbonyl (C=O) groups excluding carboxylic acids is 1. The predicted octanol–water partition coefficient (Wildman–Crippen LogP) is 2.60. The minimum absolute atomic E-state index is 0.249. The van der Waals surface area contributed by atoms with Crippen molar-refractivity contribution in [3.8, 4) is 0 Å². The first kappa shape index (κ1) is 11.6. The van der Waals surface area contributed by atoms with Gasteiger partial charge in [0.05, 0.1) is 6.61 Å². The average molecular weight is 188 g/mol. The van der Waals surface area contributed by atoms with Crippen LogP contribution in [0.25, 0.3) is 0 Å². The first-order chi connectivity index (χ1) is 5.81. The standard InChI is InChI=1S/C9H16O2S/c1-3-5-7-12-8-6-9(10)11-4-2/h6,8H,3-5,7H2,1-2H3. The highest BCUT2D eigenvalue weighted by molar-refractivity contribution is 8.02. The summed E-state index contributed by atoms with van der Waals surface area (Å²) >= 11 is 1.65. The summed E-state index contributed by atoms with van der Waals surface area (Å²) in [5.41, 5.74) is 0. The van der Waals surface area contributed by atoms with E-state index in [-0.39, 0.29) is 5.97 Å². The van der Waals surface area contributed by atoms with Crippen molar-refractivity contribution in [2.24, 2.45) is 0 Å². The number of carbonyl (C=O) groups is 1. The average Bonchev–Trinajstić information content (AvgIpc) is 2.05. The first-order valence-electron chi connectivity index (χ1n) is 4.26. The molecule has 70 valence electrons. The second-order valence-corrected chi connectivity index (χ2v) is 3.29. The van der Waals surface area contributed by atoms with E-state index in [0.717, 1.165) is 5.75 Å². The van der Waals surface area contributed by atoms with Gasteiger partial charge in [0.15, 0.2) is 0 Å². The minimum atomic E-state index is -0.249. The quantitative estimate of drug-likeness (QED) is 0.364. The van der Waals surface area contributed by atoms with Crippen molar-refractivity contribution in [1.82, 2.24) is 0 Å². The predicted molar refractivity (Wildman–Crippen MR) is 53.1 cm³/mol. The van der Waals surface area contributed by atoms with Gasteiger partial charge in [-0.05, 0) is 24.5 Å². The molecule has 0 N–H and O–H groups in total. The van der Waals surface area contributed by atoms with E-state index in [9.17, 15) is 4.79 Å². The van der Waals surface area contributed by atoms with Crippen molar-refractivity contribution in [3.05, 3.63) is 11.5 Å². The Morgan fingerprint density at radius 1 is 1.50 bits per heavy atom. The normalized spacial score (nSPS) is 10.5. The Kier molecular flexibility index (Phi) is 8.34. The van der Waals surface area contributed by atoms with E-state index >= 15 is 0 Å². The molecule has 0 aliphatic rings. The summed E-state index contributed by atoms with van der Waals surface area (Å²) < 4.78 is 4.71. The Morgan fingerprint density at radius 2 is 2.25 bits per heavy atom. The van der Waals surface area contributed by atoms with Gasteiger partial charge >= 0.3 is 5.97 Å². The Bertz CT molecular complexity index is 143. The van der Waals surface area contributed by atoms with Crippen molar-refractivity contribution in [3.63, 3.8) is 0 Å². The van der Waals surface area contributed by atoms with Crippen LogP contribution < -0.4 is 0 Å². The van der Waals surface area contributed by atoms with Gasteiger partial charge in [-0.2, -0.15) is 0 Å². The van der Waals surface area contributed by atoms with Gasteiger partial charge in [-0.15, -0.1) is 11.8 Å². The van der Waals surface area contributed by atoms with Crippen LogP contribution in [0.2, 0.25) is 0 Å². The third-order valence-corrected chi connectivity index (χ3v) is 2.06. The molecule has 0 fully saturated rings. The van der Waals surface area contributed by atoms with Crippen molar-refractivity contribution in [1.29, 1.82) is 0 Å². The molecule has 0 spiro atoms.